The highest BCUT2D eigenvalue weighted by Crippen LogP contribution is 2.24. The summed E-state index contributed by atoms with van der Waals surface area (Å²) < 4.78 is 0. The van der Waals surface area contributed by atoms with E-state index in [9.17, 15) is 0 Å². The first-order valence-electron chi connectivity index (χ1n) is 7.28. The third-order valence-electron chi connectivity index (χ3n) is 3.77. The molecule has 2 aromatic rings. The van der Waals surface area contributed by atoms with Crippen LogP contribution in [0.25, 0.3) is 5.57 Å². The third kappa shape index (κ3) is 3.30. The van der Waals surface area contributed by atoms with Crippen molar-refractivity contribution in [2.24, 2.45) is 0 Å². The molecular weight excluding hydrogens is 278 g/mol. The lowest BCUT2D eigenvalue weighted by atomic mass is 9.92. The van der Waals surface area contributed by atoms with E-state index in [4.69, 9.17) is 5.26 Å². The lowest BCUT2D eigenvalue weighted by molar-refractivity contribution is 0.461. The number of aromatic nitrogens is 4. The van der Waals surface area contributed by atoms with Gasteiger partial charge < -0.3 is 10.6 Å². The molecule has 0 saturated carbocycles. The molecule has 1 aliphatic heterocycles. The SMILES string of the molecule is N#CC(=CNc1ccc(C2CCCNC2)cc1)c1nn[nH]n1. The molecule has 0 amide bonds. The summed E-state index contributed by atoms with van der Waals surface area (Å²) in [7, 11) is 0. The number of piperidine rings is 1. The Bertz CT molecular complexity index is 661. The maximum atomic E-state index is 9.10. The highest BCUT2D eigenvalue weighted by atomic mass is 15.5. The molecule has 1 atom stereocenters. The summed E-state index contributed by atoms with van der Waals surface area (Å²) in [5, 5.41) is 29.0. The normalized spacial score (nSPS) is 18.7. The molecule has 1 aromatic heterocycles. The first-order valence-corrected chi connectivity index (χ1v) is 7.28. The highest BCUT2D eigenvalue weighted by molar-refractivity contribution is 5.73. The predicted octanol–water partition coefficient (Wildman–Crippen LogP) is 1.64. The van der Waals surface area contributed by atoms with Crippen LogP contribution in [0.3, 0.4) is 0 Å². The maximum absolute atomic E-state index is 9.10. The number of nitriles is 1. The Balaban J connectivity index is 1.67. The van der Waals surface area contributed by atoms with Crippen molar-refractivity contribution in [2.45, 2.75) is 18.8 Å². The Labute approximate surface area is 128 Å². The summed E-state index contributed by atoms with van der Waals surface area (Å²) in [6.45, 7) is 2.16. The minimum Gasteiger partial charge on any atom is -0.360 e. The molecule has 7 heteroatoms. The lowest BCUT2D eigenvalue weighted by Crippen LogP contribution is -2.28. The maximum Gasteiger partial charge on any atom is 0.216 e. The number of nitrogens with zero attached hydrogens (tertiary/aromatic N) is 4. The largest absolute Gasteiger partial charge is 0.360 e. The zero-order valence-corrected chi connectivity index (χ0v) is 12.1. The van der Waals surface area contributed by atoms with Crippen LogP contribution in [0.4, 0.5) is 5.69 Å². The van der Waals surface area contributed by atoms with Crippen molar-refractivity contribution < 1.29 is 0 Å². The molecule has 112 valence electrons. The number of benzene rings is 1. The Morgan fingerprint density at radius 1 is 1.36 bits per heavy atom. The number of tetrazole rings is 1. The number of hydrogen-bond donors (Lipinski definition) is 3. The van der Waals surface area contributed by atoms with E-state index in [1.807, 2.05) is 18.2 Å². The van der Waals surface area contributed by atoms with Gasteiger partial charge in [-0.15, -0.1) is 10.2 Å². The Morgan fingerprint density at radius 2 is 2.23 bits per heavy atom. The summed E-state index contributed by atoms with van der Waals surface area (Å²) in [5.74, 6) is 0.868. The standard InChI is InChI=1S/C15H17N7/c16-8-13(15-19-21-22-20-15)10-18-14-5-3-11(4-6-14)12-2-1-7-17-9-12/h3-6,10,12,17-18H,1-2,7,9H2,(H,19,20,21,22). The summed E-state index contributed by atoms with van der Waals surface area (Å²) in [6, 6.07) is 10.3. The van der Waals surface area contributed by atoms with E-state index in [1.54, 1.807) is 6.20 Å². The van der Waals surface area contributed by atoms with E-state index in [2.05, 4.69) is 43.4 Å². The quantitative estimate of drug-likeness (QED) is 0.741. The number of H-pyrrole nitrogens is 1. The molecule has 3 N–H and O–H groups in total. The molecule has 3 rings (SSSR count). The first-order chi connectivity index (χ1) is 10.9. The molecule has 0 spiro atoms. The summed E-state index contributed by atoms with van der Waals surface area (Å²) in [4.78, 5) is 0. The second-order valence-electron chi connectivity index (χ2n) is 5.21. The first kappa shape index (κ1) is 14.2. The molecule has 1 aromatic carbocycles. The molecule has 0 radical (unpaired) electrons. The molecule has 2 heterocycles. The molecule has 7 nitrogen and oxygen atoms in total. The van der Waals surface area contributed by atoms with Gasteiger partial charge in [-0.25, -0.2) is 0 Å². The zero-order valence-electron chi connectivity index (χ0n) is 12.1. The number of nitrogens with one attached hydrogen (secondary N) is 3. The van der Waals surface area contributed by atoms with Crippen LogP contribution in [0.2, 0.25) is 0 Å². The molecule has 1 saturated heterocycles. The van der Waals surface area contributed by atoms with E-state index >= 15 is 0 Å². The average molecular weight is 295 g/mol. The second-order valence-corrected chi connectivity index (χ2v) is 5.21. The van der Waals surface area contributed by atoms with Crippen LogP contribution in [0.5, 0.6) is 0 Å². The van der Waals surface area contributed by atoms with Gasteiger partial charge in [0.05, 0.1) is 0 Å². The van der Waals surface area contributed by atoms with Crippen LogP contribution < -0.4 is 10.6 Å². The smallest absolute Gasteiger partial charge is 0.216 e. The molecule has 1 fully saturated rings. The Morgan fingerprint density at radius 3 is 2.86 bits per heavy atom. The average Bonchev–Trinajstić information content (AvgIpc) is 3.11. The van der Waals surface area contributed by atoms with E-state index < -0.39 is 0 Å². The zero-order chi connectivity index (χ0) is 15.2. The van der Waals surface area contributed by atoms with Crippen LogP contribution in [0.15, 0.2) is 30.5 Å². The third-order valence-corrected chi connectivity index (χ3v) is 3.77. The minimum atomic E-state index is 0.278. The van der Waals surface area contributed by atoms with E-state index in [0.717, 1.165) is 18.8 Å². The van der Waals surface area contributed by atoms with Gasteiger partial charge in [-0.05, 0) is 48.2 Å². The van der Waals surface area contributed by atoms with Gasteiger partial charge in [0.15, 0.2) is 0 Å². The van der Waals surface area contributed by atoms with Crippen LogP contribution in [-0.4, -0.2) is 33.7 Å². The van der Waals surface area contributed by atoms with Crippen molar-refractivity contribution in [3.8, 4) is 6.07 Å². The van der Waals surface area contributed by atoms with Crippen LogP contribution in [0, 0.1) is 11.3 Å². The highest BCUT2D eigenvalue weighted by Gasteiger charge is 2.14. The molecular formula is C15H17N7. The van der Waals surface area contributed by atoms with Crippen molar-refractivity contribution in [2.75, 3.05) is 18.4 Å². The Kier molecular flexibility index (Phi) is 4.41. The molecule has 0 bridgehead atoms. The van der Waals surface area contributed by atoms with Crippen LogP contribution in [0.1, 0.15) is 30.1 Å². The van der Waals surface area contributed by atoms with Gasteiger partial charge in [0.1, 0.15) is 11.6 Å². The lowest BCUT2D eigenvalue weighted by Gasteiger charge is -2.23. The van der Waals surface area contributed by atoms with Crippen molar-refractivity contribution in [3.63, 3.8) is 0 Å². The predicted molar refractivity (Wildman–Crippen MR) is 82.7 cm³/mol. The van der Waals surface area contributed by atoms with Gasteiger partial charge in [-0.2, -0.15) is 10.5 Å². The fraction of sp³-hybridized carbons (Fsp3) is 0.333. The fourth-order valence-electron chi connectivity index (χ4n) is 2.57. The van der Waals surface area contributed by atoms with Crippen molar-refractivity contribution in [3.05, 3.63) is 41.9 Å². The summed E-state index contributed by atoms with van der Waals surface area (Å²) >= 11 is 0. The van der Waals surface area contributed by atoms with Crippen LogP contribution >= 0.6 is 0 Å². The number of allylic oxidation sites excluding steroid dienone is 1. The molecule has 0 aliphatic carbocycles. The number of anilines is 1. The van der Waals surface area contributed by atoms with Crippen molar-refractivity contribution >= 4 is 11.3 Å². The van der Waals surface area contributed by atoms with Gasteiger partial charge in [0, 0.05) is 18.4 Å². The van der Waals surface area contributed by atoms with Gasteiger partial charge in [-0.1, -0.05) is 12.1 Å². The second kappa shape index (κ2) is 6.83. The number of aromatic amines is 1. The number of hydrogen-bond acceptors (Lipinski definition) is 6. The van der Waals surface area contributed by atoms with E-state index in [-0.39, 0.29) is 5.82 Å². The molecule has 22 heavy (non-hydrogen) atoms. The van der Waals surface area contributed by atoms with E-state index in [0.29, 0.717) is 11.5 Å². The van der Waals surface area contributed by atoms with E-state index in [1.165, 1.54) is 18.4 Å². The van der Waals surface area contributed by atoms with Gasteiger partial charge >= 0.3 is 0 Å². The topological polar surface area (TPSA) is 102 Å². The van der Waals surface area contributed by atoms with Crippen molar-refractivity contribution in [1.29, 1.82) is 5.26 Å². The summed E-state index contributed by atoms with van der Waals surface area (Å²) in [6.07, 6.45) is 4.04. The van der Waals surface area contributed by atoms with Crippen LogP contribution in [-0.2, 0) is 0 Å². The van der Waals surface area contributed by atoms with Gasteiger partial charge in [0.25, 0.3) is 0 Å². The van der Waals surface area contributed by atoms with Gasteiger partial charge in [0.2, 0.25) is 5.82 Å². The monoisotopic (exact) mass is 295 g/mol. The molecule has 1 unspecified atom stereocenters. The van der Waals surface area contributed by atoms with Gasteiger partial charge in [-0.3, -0.25) is 0 Å². The van der Waals surface area contributed by atoms with Crippen molar-refractivity contribution in [1.82, 2.24) is 25.9 Å². The molecule has 1 aliphatic rings. The minimum absolute atomic E-state index is 0.278. The summed E-state index contributed by atoms with van der Waals surface area (Å²) in [5.41, 5.74) is 2.60. The number of rotatable bonds is 4. The fourth-order valence-corrected chi connectivity index (χ4v) is 2.57. The Hall–Kier alpha value is -2.72.